The molecule has 0 aliphatic carbocycles. The third-order valence-electron chi connectivity index (χ3n) is 5.07. The molecule has 2 aromatic carbocycles. The number of nitrogens with one attached hydrogen (secondary N) is 2. The van der Waals surface area contributed by atoms with Crippen molar-refractivity contribution >= 4 is 16.8 Å². The number of aromatic nitrogens is 1. The van der Waals surface area contributed by atoms with E-state index in [-0.39, 0.29) is 11.8 Å². The second-order valence-electron chi connectivity index (χ2n) is 6.79. The van der Waals surface area contributed by atoms with Crippen LogP contribution in [0.1, 0.15) is 49.3 Å². The van der Waals surface area contributed by atoms with Crippen LogP contribution in [0.15, 0.2) is 48.7 Å². The Kier molecular flexibility index (Phi) is 6.17. The summed E-state index contributed by atoms with van der Waals surface area (Å²) >= 11 is 0. The number of amides is 1. The van der Waals surface area contributed by atoms with Crippen LogP contribution in [0.5, 0.6) is 5.75 Å². The van der Waals surface area contributed by atoms with Gasteiger partial charge >= 0.3 is 0 Å². The molecule has 1 amide bonds. The van der Waals surface area contributed by atoms with E-state index in [0.717, 1.165) is 35.2 Å². The number of fused-ring (bicyclic) bond motifs is 1. The first kappa shape index (κ1) is 19.0. The summed E-state index contributed by atoms with van der Waals surface area (Å²) in [6.07, 6.45) is 4.34. The fraction of sp³-hybridized carbons (Fsp3) is 0.348. The summed E-state index contributed by atoms with van der Waals surface area (Å²) < 4.78 is 5.60. The number of carbonyl (C=O) groups is 1. The molecule has 4 heteroatoms. The molecule has 1 heterocycles. The molecule has 0 saturated carbocycles. The lowest BCUT2D eigenvalue weighted by Gasteiger charge is -2.20. The van der Waals surface area contributed by atoms with Crippen LogP contribution in [0.25, 0.3) is 10.9 Å². The van der Waals surface area contributed by atoms with Gasteiger partial charge in [0.15, 0.2) is 0 Å². The molecule has 1 unspecified atom stereocenters. The van der Waals surface area contributed by atoms with Crippen molar-refractivity contribution in [3.8, 4) is 5.75 Å². The third kappa shape index (κ3) is 4.00. The van der Waals surface area contributed by atoms with Gasteiger partial charge in [-0.3, -0.25) is 4.79 Å². The van der Waals surface area contributed by atoms with E-state index in [0.29, 0.717) is 13.0 Å². The first-order valence-electron chi connectivity index (χ1n) is 9.68. The first-order valence-corrected chi connectivity index (χ1v) is 9.68. The minimum Gasteiger partial charge on any atom is -0.496 e. The molecule has 0 bridgehead atoms. The molecule has 27 heavy (non-hydrogen) atoms. The van der Waals surface area contributed by atoms with Gasteiger partial charge in [-0.25, -0.2) is 0 Å². The molecule has 0 radical (unpaired) electrons. The summed E-state index contributed by atoms with van der Waals surface area (Å²) in [4.78, 5) is 16.0. The lowest BCUT2D eigenvalue weighted by molar-refractivity contribution is -0.121. The Hall–Kier alpha value is -2.75. The zero-order valence-corrected chi connectivity index (χ0v) is 16.3. The standard InChI is InChI=1S/C23H28N2O2/c1-4-13-24-22(26)14-19(17-10-6-7-12-21(17)27-3)20-15-25-23-16(5-2)9-8-11-18(20)23/h6-12,15,19,25H,4-5,13-14H2,1-3H3,(H,24,26). The quantitative estimate of drug-likeness (QED) is 0.604. The van der Waals surface area contributed by atoms with Crippen LogP contribution in [0.4, 0.5) is 0 Å². The largest absolute Gasteiger partial charge is 0.496 e. The van der Waals surface area contributed by atoms with E-state index in [2.05, 4.69) is 48.4 Å². The fourth-order valence-corrected chi connectivity index (χ4v) is 3.69. The Balaban J connectivity index is 2.08. The topological polar surface area (TPSA) is 54.1 Å². The van der Waals surface area contributed by atoms with Gasteiger partial charge in [-0.05, 0) is 30.0 Å². The maximum Gasteiger partial charge on any atom is 0.220 e. The zero-order chi connectivity index (χ0) is 19.2. The molecule has 3 aromatic rings. The number of hydrogen-bond acceptors (Lipinski definition) is 2. The fourth-order valence-electron chi connectivity index (χ4n) is 3.69. The van der Waals surface area contributed by atoms with Gasteiger partial charge in [0.25, 0.3) is 0 Å². The van der Waals surface area contributed by atoms with E-state index >= 15 is 0 Å². The molecule has 1 atom stereocenters. The van der Waals surface area contributed by atoms with E-state index in [1.54, 1.807) is 7.11 Å². The van der Waals surface area contributed by atoms with Crippen LogP contribution in [-0.2, 0) is 11.2 Å². The summed E-state index contributed by atoms with van der Waals surface area (Å²) in [6.45, 7) is 4.92. The monoisotopic (exact) mass is 364 g/mol. The van der Waals surface area contributed by atoms with Crippen LogP contribution in [0, 0.1) is 0 Å². The van der Waals surface area contributed by atoms with E-state index < -0.39 is 0 Å². The molecule has 2 N–H and O–H groups in total. The molecule has 0 aliphatic rings. The predicted octanol–water partition coefficient (Wildman–Crippen LogP) is 4.79. The number of para-hydroxylation sites is 2. The number of rotatable bonds is 8. The lowest BCUT2D eigenvalue weighted by Crippen LogP contribution is -2.26. The van der Waals surface area contributed by atoms with E-state index in [1.807, 2.05) is 24.4 Å². The molecule has 3 rings (SSSR count). The molecular weight excluding hydrogens is 336 g/mol. The third-order valence-corrected chi connectivity index (χ3v) is 5.07. The van der Waals surface area contributed by atoms with Crippen molar-refractivity contribution in [1.29, 1.82) is 0 Å². The smallest absolute Gasteiger partial charge is 0.220 e. The molecule has 0 saturated heterocycles. The molecule has 0 fully saturated rings. The Morgan fingerprint density at radius 2 is 1.93 bits per heavy atom. The van der Waals surface area contributed by atoms with Crippen molar-refractivity contribution in [3.05, 3.63) is 65.4 Å². The summed E-state index contributed by atoms with van der Waals surface area (Å²) in [5.41, 5.74) is 4.61. The highest BCUT2D eigenvalue weighted by molar-refractivity contribution is 5.88. The van der Waals surface area contributed by atoms with E-state index in [9.17, 15) is 4.79 Å². The van der Waals surface area contributed by atoms with Gasteiger partial charge in [-0.15, -0.1) is 0 Å². The average Bonchev–Trinajstić information content (AvgIpc) is 3.14. The van der Waals surface area contributed by atoms with Gasteiger partial charge in [-0.1, -0.05) is 50.2 Å². The maximum atomic E-state index is 12.6. The van der Waals surface area contributed by atoms with Crippen LogP contribution < -0.4 is 10.1 Å². The van der Waals surface area contributed by atoms with Crippen LogP contribution in [0.2, 0.25) is 0 Å². The molecule has 4 nitrogen and oxygen atoms in total. The van der Waals surface area contributed by atoms with Crippen LogP contribution in [-0.4, -0.2) is 24.5 Å². The Morgan fingerprint density at radius 1 is 1.11 bits per heavy atom. The van der Waals surface area contributed by atoms with Crippen LogP contribution in [0.3, 0.4) is 0 Å². The summed E-state index contributed by atoms with van der Waals surface area (Å²) in [7, 11) is 1.68. The number of aryl methyl sites for hydroxylation is 1. The highest BCUT2D eigenvalue weighted by Gasteiger charge is 2.24. The molecule has 142 valence electrons. The maximum absolute atomic E-state index is 12.6. The van der Waals surface area contributed by atoms with Crippen molar-refractivity contribution in [1.82, 2.24) is 10.3 Å². The molecule has 0 aliphatic heterocycles. The minimum absolute atomic E-state index is 0.0637. The Morgan fingerprint density at radius 3 is 2.67 bits per heavy atom. The van der Waals surface area contributed by atoms with Gasteiger partial charge in [0.1, 0.15) is 5.75 Å². The lowest BCUT2D eigenvalue weighted by atomic mass is 9.87. The Labute approximate surface area is 160 Å². The van der Waals surface area contributed by atoms with Crippen molar-refractivity contribution in [3.63, 3.8) is 0 Å². The second kappa shape index (κ2) is 8.76. The number of aromatic amines is 1. The highest BCUT2D eigenvalue weighted by atomic mass is 16.5. The Bertz CT molecular complexity index is 914. The molecule has 1 aromatic heterocycles. The number of hydrogen-bond donors (Lipinski definition) is 2. The van der Waals surface area contributed by atoms with E-state index in [4.69, 9.17) is 4.74 Å². The number of ether oxygens (including phenoxy) is 1. The number of benzene rings is 2. The minimum atomic E-state index is -0.0705. The highest BCUT2D eigenvalue weighted by Crippen LogP contribution is 2.38. The van der Waals surface area contributed by atoms with Crippen molar-refractivity contribution in [2.45, 2.75) is 39.0 Å². The van der Waals surface area contributed by atoms with E-state index in [1.165, 1.54) is 10.9 Å². The van der Waals surface area contributed by atoms with Crippen LogP contribution >= 0.6 is 0 Å². The molecular formula is C23H28N2O2. The predicted molar refractivity (Wildman–Crippen MR) is 110 cm³/mol. The van der Waals surface area contributed by atoms with Crippen molar-refractivity contribution in [2.24, 2.45) is 0 Å². The van der Waals surface area contributed by atoms with Crippen molar-refractivity contribution < 1.29 is 9.53 Å². The number of carbonyl (C=O) groups excluding carboxylic acids is 1. The summed E-state index contributed by atoms with van der Waals surface area (Å²) in [5.74, 6) is 0.805. The summed E-state index contributed by atoms with van der Waals surface area (Å²) in [5, 5.41) is 4.19. The molecule has 0 spiro atoms. The van der Waals surface area contributed by atoms with Gasteiger partial charge < -0.3 is 15.0 Å². The van der Waals surface area contributed by atoms with Gasteiger partial charge in [0.05, 0.1) is 7.11 Å². The van der Waals surface area contributed by atoms with Gasteiger partial charge in [-0.2, -0.15) is 0 Å². The summed E-state index contributed by atoms with van der Waals surface area (Å²) in [6, 6.07) is 14.3. The zero-order valence-electron chi connectivity index (χ0n) is 16.3. The first-order chi connectivity index (χ1) is 13.2. The number of H-pyrrole nitrogens is 1. The normalized spacial score (nSPS) is 12.1. The van der Waals surface area contributed by atoms with Gasteiger partial charge in [0.2, 0.25) is 5.91 Å². The average molecular weight is 364 g/mol. The second-order valence-corrected chi connectivity index (χ2v) is 6.79. The number of methoxy groups -OCH3 is 1. The SMILES string of the molecule is CCCNC(=O)CC(c1ccccc1OC)c1c[nH]c2c(CC)cccc12. The van der Waals surface area contributed by atoms with Gasteiger partial charge in [0, 0.05) is 41.5 Å². The van der Waals surface area contributed by atoms with Crippen molar-refractivity contribution in [2.75, 3.05) is 13.7 Å².